The molecule has 0 aromatic carbocycles. The monoisotopic (exact) mass is 209 g/mol. The van der Waals surface area contributed by atoms with Gasteiger partial charge in [-0.25, -0.2) is 0 Å². The van der Waals surface area contributed by atoms with E-state index in [0.29, 0.717) is 6.04 Å². The van der Waals surface area contributed by atoms with E-state index in [1.807, 2.05) is 17.4 Å². The second-order valence-corrected chi connectivity index (χ2v) is 4.68. The van der Waals surface area contributed by atoms with Gasteiger partial charge < -0.3 is 5.32 Å². The fourth-order valence-electron chi connectivity index (χ4n) is 1.32. The van der Waals surface area contributed by atoms with Gasteiger partial charge in [-0.2, -0.15) is 0 Å². The second kappa shape index (κ2) is 5.99. The topological polar surface area (TPSA) is 12.0 Å². The standard InChI is InChI=1S/C12H19NS/c1-4-5-6-11(3)13-9-12-10(2)7-8-14-12/h4,7-8,11,13H,1,5-6,9H2,2-3H3. The summed E-state index contributed by atoms with van der Waals surface area (Å²) >= 11 is 1.83. The zero-order valence-electron chi connectivity index (χ0n) is 9.05. The number of thiophene rings is 1. The molecule has 0 amide bonds. The SMILES string of the molecule is C=CCCC(C)NCc1sccc1C. The fraction of sp³-hybridized carbons (Fsp3) is 0.500. The molecule has 0 aliphatic rings. The molecule has 0 aliphatic heterocycles. The molecule has 1 heterocycles. The van der Waals surface area contributed by atoms with Crippen LogP contribution in [0.25, 0.3) is 0 Å². The molecule has 78 valence electrons. The number of hydrogen-bond acceptors (Lipinski definition) is 2. The first kappa shape index (κ1) is 11.5. The molecule has 0 saturated heterocycles. The molecular formula is C12H19NS. The van der Waals surface area contributed by atoms with E-state index in [2.05, 4.69) is 37.2 Å². The van der Waals surface area contributed by atoms with Gasteiger partial charge in [0.05, 0.1) is 0 Å². The van der Waals surface area contributed by atoms with Crippen LogP contribution in [0.2, 0.25) is 0 Å². The van der Waals surface area contributed by atoms with Gasteiger partial charge in [0, 0.05) is 17.5 Å². The van der Waals surface area contributed by atoms with Crippen LogP contribution < -0.4 is 5.32 Å². The van der Waals surface area contributed by atoms with Crippen molar-refractivity contribution in [3.63, 3.8) is 0 Å². The second-order valence-electron chi connectivity index (χ2n) is 3.67. The first-order valence-electron chi connectivity index (χ1n) is 5.11. The molecule has 2 heteroatoms. The molecule has 0 aliphatic carbocycles. The third kappa shape index (κ3) is 3.64. The molecule has 1 N–H and O–H groups in total. The number of allylic oxidation sites excluding steroid dienone is 1. The van der Waals surface area contributed by atoms with Crippen molar-refractivity contribution in [2.45, 2.75) is 39.3 Å². The van der Waals surface area contributed by atoms with E-state index in [9.17, 15) is 0 Å². The first-order chi connectivity index (χ1) is 6.74. The summed E-state index contributed by atoms with van der Waals surface area (Å²) in [6, 6.07) is 2.75. The smallest absolute Gasteiger partial charge is 0.0304 e. The minimum Gasteiger partial charge on any atom is -0.309 e. The lowest BCUT2D eigenvalue weighted by molar-refractivity contribution is 0.520. The summed E-state index contributed by atoms with van der Waals surface area (Å²) in [7, 11) is 0. The van der Waals surface area contributed by atoms with Crippen molar-refractivity contribution in [3.8, 4) is 0 Å². The zero-order valence-corrected chi connectivity index (χ0v) is 9.86. The molecule has 1 rings (SSSR count). The Labute approximate surface area is 90.9 Å². The Morgan fingerprint density at radius 2 is 2.43 bits per heavy atom. The van der Waals surface area contributed by atoms with Gasteiger partial charge in [-0.3, -0.25) is 0 Å². The molecule has 1 atom stereocenters. The van der Waals surface area contributed by atoms with Gasteiger partial charge in [0.2, 0.25) is 0 Å². The summed E-state index contributed by atoms with van der Waals surface area (Å²) in [5.74, 6) is 0. The highest BCUT2D eigenvalue weighted by Gasteiger charge is 2.02. The Hall–Kier alpha value is -0.600. The van der Waals surface area contributed by atoms with Crippen molar-refractivity contribution >= 4 is 11.3 Å². The van der Waals surface area contributed by atoms with Crippen molar-refractivity contribution in [3.05, 3.63) is 34.5 Å². The largest absolute Gasteiger partial charge is 0.309 e. The maximum Gasteiger partial charge on any atom is 0.0304 e. The van der Waals surface area contributed by atoms with Crippen molar-refractivity contribution in [2.75, 3.05) is 0 Å². The van der Waals surface area contributed by atoms with Gasteiger partial charge in [0.1, 0.15) is 0 Å². The molecule has 0 bridgehead atoms. The molecule has 14 heavy (non-hydrogen) atoms. The van der Waals surface area contributed by atoms with E-state index in [1.54, 1.807) is 0 Å². The van der Waals surface area contributed by atoms with E-state index in [1.165, 1.54) is 16.9 Å². The Kier molecular flexibility index (Phi) is 4.91. The summed E-state index contributed by atoms with van der Waals surface area (Å²) in [5, 5.41) is 5.68. The zero-order chi connectivity index (χ0) is 10.4. The van der Waals surface area contributed by atoms with Crippen LogP contribution in [0.4, 0.5) is 0 Å². The van der Waals surface area contributed by atoms with Gasteiger partial charge >= 0.3 is 0 Å². The van der Waals surface area contributed by atoms with E-state index in [0.717, 1.165) is 13.0 Å². The number of aryl methyl sites for hydroxylation is 1. The van der Waals surface area contributed by atoms with Crippen molar-refractivity contribution in [2.24, 2.45) is 0 Å². The lowest BCUT2D eigenvalue weighted by Gasteiger charge is -2.12. The molecule has 0 spiro atoms. The predicted octanol–water partition coefficient (Wildman–Crippen LogP) is 3.50. The molecule has 0 radical (unpaired) electrons. The molecule has 1 nitrogen and oxygen atoms in total. The Morgan fingerprint density at radius 3 is 3.00 bits per heavy atom. The van der Waals surface area contributed by atoms with E-state index in [-0.39, 0.29) is 0 Å². The summed E-state index contributed by atoms with van der Waals surface area (Å²) < 4.78 is 0. The summed E-state index contributed by atoms with van der Waals surface area (Å²) in [6.45, 7) is 9.13. The first-order valence-corrected chi connectivity index (χ1v) is 5.99. The van der Waals surface area contributed by atoms with Gasteiger partial charge in [-0.15, -0.1) is 17.9 Å². The average Bonchev–Trinajstić information content (AvgIpc) is 2.58. The van der Waals surface area contributed by atoms with Crippen LogP contribution in [0.3, 0.4) is 0 Å². The highest BCUT2D eigenvalue weighted by molar-refractivity contribution is 7.10. The van der Waals surface area contributed by atoms with Crippen molar-refractivity contribution in [1.29, 1.82) is 0 Å². The van der Waals surface area contributed by atoms with Gasteiger partial charge in [0.15, 0.2) is 0 Å². The maximum absolute atomic E-state index is 3.73. The molecule has 1 aromatic rings. The average molecular weight is 209 g/mol. The lowest BCUT2D eigenvalue weighted by Crippen LogP contribution is -2.24. The molecule has 1 aromatic heterocycles. The molecule has 1 unspecified atom stereocenters. The van der Waals surface area contributed by atoms with E-state index >= 15 is 0 Å². The normalized spacial score (nSPS) is 12.7. The van der Waals surface area contributed by atoms with Gasteiger partial charge in [-0.05, 0) is 43.7 Å². The Bertz CT molecular complexity index is 278. The Balaban J connectivity index is 2.26. The molecule has 0 fully saturated rings. The minimum absolute atomic E-state index is 0.578. The number of rotatable bonds is 6. The van der Waals surface area contributed by atoms with Crippen LogP contribution in [0.1, 0.15) is 30.2 Å². The van der Waals surface area contributed by atoms with E-state index in [4.69, 9.17) is 0 Å². The lowest BCUT2D eigenvalue weighted by atomic mass is 10.2. The number of nitrogens with one attached hydrogen (secondary N) is 1. The van der Waals surface area contributed by atoms with Crippen LogP contribution in [-0.4, -0.2) is 6.04 Å². The number of hydrogen-bond donors (Lipinski definition) is 1. The van der Waals surface area contributed by atoms with Gasteiger partial charge in [0.25, 0.3) is 0 Å². The van der Waals surface area contributed by atoms with Crippen LogP contribution in [0.15, 0.2) is 24.1 Å². The minimum atomic E-state index is 0.578. The maximum atomic E-state index is 3.73. The van der Waals surface area contributed by atoms with Crippen LogP contribution in [0.5, 0.6) is 0 Å². The third-order valence-corrected chi connectivity index (χ3v) is 3.41. The highest BCUT2D eigenvalue weighted by atomic mass is 32.1. The van der Waals surface area contributed by atoms with Crippen molar-refractivity contribution < 1.29 is 0 Å². The summed E-state index contributed by atoms with van der Waals surface area (Å²) in [6.07, 6.45) is 4.25. The third-order valence-electron chi connectivity index (χ3n) is 2.38. The van der Waals surface area contributed by atoms with Crippen LogP contribution in [0, 0.1) is 6.92 Å². The van der Waals surface area contributed by atoms with Crippen molar-refractivity contribution in [1.82, 2.24) is 5.32 Å². The highest BCUT2D eigenvalue weighted by Crippen LogP contribution is 2.15. The predicted molar refractivity (Wildman–Crippen MR) is 64.8 cm³/mol. The Morgan fingerprint density at radius 1 is 1.64 bits per heavy atom. The fourth-order valence-corrected chi connectivity index (χ4v) is 2.18. The van der Waals surface area contributed by atoms with Gasteiger partial charge in [-0.1, -0.05) is 6.08 Å². The van der Waals surface area contributed by atoms with Crippen LogP contribution in [-0.2, 0) is 6.54 Å². The molecule has 0 saturated carbocycles. The molecular weight excluding hydrogens is 190 g/mol. The summed E-state index contributed by atoms with van der Waals surface area (Å²) in [5.41, 5.74) is 1.40. The quantitative estimate of drug-likeness (QED) is 0.707. The van der Waals surface area contributed by atoms with Crippen LogP contribution >= 0.6 is 11.3 Å². The summed E-state index contributed by atoms with van der Waals surface area (Å²) in [4.78, 5) is 1.45. The van der Waals surface area contributed by atoms with E-state index < -0.39 is 0 Å².